The first-order valence-electron chi connectivity index (χ1n) is 12.4. The maximum atomic E-state index is 12.4. The first-order valence-corrected chi connectivity index (χ1v) is 12.4. The molecule has 0 saturated carbocycles. The number of carbonyl (C=O) groups is 4. The highest BCUT2D eigenvalue weighted by Gasteiger charge is 2.47. The minimum absolute atomic E-state index is 0.0371. The summed E-state index contributed by atoms with van der Waals surface area (Å²) in [6.07, 6.45) is 1.55. The van der Waals surface area contributed by atoms with Crippen molar-refractivity contribution < 1.29 is 43.6 Å². The summed E-state index contributed by atoms with van der Waals surface area (Å²) < 4.78 is 17.5. The molecule has 3 rings (SSSR count). The van der Waals surface area contributed by atoms with Crippen molar-refractivity contribution in [1.82, 2.24) is 0 Å². The van der Waals surface area contributed by atoms with Crippen molar-refractivity contribution in [3.8, 4) is 28.7 Å². The van der Waals surface area contributed by atoms with Gasteiger partial charge in [-0.1, -0.05) is 27.7 Å². The number of fused-ring (bicyclic) bond motifs is 1. The quantitative estimate of drug-likeness (QED) is 0.400. The minimum atomic E-state index is -0.857. The first-order chi connectivity index (χ1) is 18.0. The van der Waals surface area contributed by atoms with Crippen LogP contribution in [0.1, 0.15) is 104 Å². The standard InChI is InChI=1S/C29H34O9/c1-13(2)8-16-21(14(3)4)29(22-15(5)17(9-30)24(34)18(10-31)27(22)37-7)38-28-20(12-33)26(36-6)19(11-32)25(35)23(16)28/h9-14,16,21,29,34-35H,8H2,1-7H3/t16-,21-,29?/m0/s1. The van der Waals surface area contributed by atoms with Gasteiger partial charge in [0, 0.05) is 17.0 Å². The topological polar surface area (TPSA) is 136 Å². The Labute approximate surface area is 221 Å². The van der Waals surface area contributed by atoms with E-state index in [1.54, 1.807) is 6.92 Å². The van der Waals surface area contributed by atoms with Crippen LogP contribution >= 0.6 is 0 Å². The van der Waals surface area contributed by atoms with Crippen molar-refractivity contribution in [1.29, 1.82) is 0 Å². The second-order valence-corrected chi connectivity index (χ2v) is 10.3. The molecule has 38 heavy (non-hydrogen) atoms. The molecule has 0 amide bonds. The number of ether oxygens (including phenoxy) is 3. The molecule has 9 nitrogen and oxygen atoms in total. The third-order valence-electron chi connectivity index (χ3n) is 7.39. The number of benzene rings is 2. The van der Waals surface area contributed by atoms with Gasteiger partial charge in [0.25, 0.3) is 0 Å². The van der Waals surface area contributed by atoms with Crippen LogP contribution < -0.4 is 14.2 Å². The van der Waals surface area contributed by atoms with Crippen LogP contribution in [0, 0.1) is 24.7 Å². The second-order valence-electron chi connectivity index (χ2n) is 10.3. The van der Waals surface area contributed by atoms with E-state index in [2.05, 4.69) is 0 Å². The highest BCUT2D eigenvalue weighted by molar-refractivity contribution is 5.96. The predicted octanol–water partition coefficient (Wildman–Crippen LogP) is 5.21. The Morgan fingerprint density at radius 3 is 1.76 bits per heavy atom. The molecule has 1 aliphatic heterocycles. The number of carbonyl (C=O) groups excluding carboxylic acids is 4. The molecule has 3 atom stereocenters. The fourth-order valence-electron chi connectivity index (χ4n) is 5.82. The molecule has 0 fully saturated rings. The minimum Gasteiger partial charge on any atom is -0.507 e. The third kappa shape index (κ3) is 4.40. The molecule has 0 radical (unpaired) electrons. The van der Waals surface area contributed by atoms with E-state index in [1.165, 1.54) is 14.2 Å². The molecule has 204 valence electrons. The van der Waals surface area contributed by atoms with Gasteiger partial charge in [0.2, 0.25) is 0 Å². The SMILES string of the molecule is COc1c(C=O)c(O)c2c(c1C=O)OC(c1c(C)c(C=O)c(O)c(C=O)c1OC)[C@@H](C(C)C)[C@@H]2CC(C)C. The fourth-order valence-corrected chi connectivity index (χ4v) is 5.82. The van der Waals surface area contributed by atoms with Gasteiger partial charge in [0.15, 0.2) is 25.1 Å². The summed E-state index contributed by atoms with van der Waals surface area (Å²) in [6, 6.07) is 0. The lowest BCUT2D eigenvalue weighted by Crippen LogP contribution is -2.36. The smallest absolute Gasteiger partial charge is 0.157 e. The molecule has 9 heteroatoms. The lowest BCUT2D eigenvalue weighted by atomic mass is 9.67. The molecule has 1 unspecified atom stereocenters. The van der Waals surface area contributed by atoms with Crippen LogP contribution in [0.3, 0.4) is 0 Å². The molecule has 2 aromatic carbocycles. The normalized spacial score (nSPS) is 18.5. The second kappa shape index (κ2) is 11.2. The fraction of sp³-hybridized carbons (Fsp3) is 0.448. The van der Waals surface area contributed by atoms with Crippen LogP contribution in [0.15, 0.2) is 0 Å². The van der Waals surface area contributed by atoms with E-state index in [-0.39, 0.29) is 63.0 Å². The van der Waals surface area contributed by atoms with Crippen molar-refractivity contribution in [2.45, 2.75) is 53.1 Å². The number of aromatic hydroxyl groups is 2. The number of hydrogen-bond donors (Lipinski definition) is 2. The average molecular weight is 527 g/mol. The van der Waals surface area contributed by atoms with Crippen LogP contribution in [-0.4, -0.2) is 49.6 Å². The van der Waals surface area contributed by atoms with Gasteiger partial charge in [-0.2, -0.15) is 0 Å². The van der Waals surface area contributed by atoms with Gasteiger partial charge in [-0.05, 0) is 36.7 Å². The molecule has 2 N–H and O–H groups in total. The third-order valence-corrected chi connectivity index (χ3v) is 7.39. The predicted molar refractivity (Wildman–Crippen MR) is 139 cm³/mol. The summed E-state index contributed by atoms with van der Waals surface area (Å²) in [5, 5.41) is 21.9. The van der Waals surface area contributed by atoms with Gasteiger partial charge in [0.05, 0.1) is 36.5 Å². The molecule has 0 spiro atoms. The van der Waals surface area contributed by atoms with Crippen LogP contribution in [0.25, 0.3) is 0 Å². The zero-order valence-electron chi connectivity index (χ0n) is 22.7. The largest absolute Gasteiger partial charge is 0.507 e. The van der Waals surface area contributed by atoms with Gasteiger partial charge in [-0.25, -0.2) is 0 Å². The van der Waals surface area contributed by atoms with E-state index >= 15 is 0 Å². The van der Waals surface area contributed by atoms with Crippen LogP contribution in [0.2, 0.25) is 0 Å². The maximum Gasteiger partial charge on any atom is 0.157 e. The molecule has 0 bridgehead atoms. The van der Waals surface area contributed by atoms with Gasteiger partial charge >= 0.3 is 0 Å². The van der Waals surface area contributed by atoms with Crippen molar-refractivity contribution in [2.75, 3.05) is 14.2 Å². The lowest BCUT2D eigenvalue weighted by molar-refractivity contribution is 0.0510. The summed E-state index contributed by atoms with van der Waals surface area (Å²) in [4.78, 5) is 48.3. The Balaban J connectivity index is 2.54. The van der Waals surface area contributed by atoms with E-state index in [0.717, 1.165) is 0 Å². The summed E-state index contributed by atoms with van der Waals surface area (Å²) >= 11 is 0. The molecule has 0 saturated heterocycles. The van der Waals surface area contributed by atoms with Gasteiger partial charge < -0.3 is 24.4 Å². The molecule has 1 heterocycles. The zero-order chi connectivity index (χ0) is 28.5. The Hall–Kier alpha value is -3.88. The first kappa shape index (κ1) is 28.7. The Bertz CT molecular complexity index is 1280. The van der Waals surface area contributed by atoms with E-state index in [0.29, 0.717) is 48.3 Å². The van der Waals surface area contributed by atoms with Crippen molar-refractivity contribution in [3.63, 3.8) is 0 Å². The van der Waals surface area contributed by atoms with Gasteiger partial charge in [-0.15, -0.1) is 0 Å². The van der Waals surface area contributed by atoms with E-state index in [4.69, 9.17) is 14.2 Å². The number of rotatable bonds is 10. The Morgan fingerprint density at radius 1 is 0.789 bits per heavy atom. The Morgan fingerprint density at radius 2 is 1.32 bits per heavy atom. The van der Waals surface area contributed by atoms with Crippen molar-refractivity contribution in [2.24, 2.45) is 17.8 Å². The van der Waals surface area contributed by atoms with Crippen molar-refractivity contribution in [3.05, 3.63) is 38.9 Å². The van der Waals surface area contributed by atoms with Crippen LogP contribution in [0.4, 0.5) is 0 Å². The highest BCUT2D eigenvalue weighted by atomic mass is 16.5. The number of phenols is 2. The maximum absolute atomic E-state index is 12.4. The molecule has 2 aromatic rings. The number of methoxy groups -OCH3 is 2. The van der Waals surface area contributed by atoms with Crippen LogP contribution in [0.5, 0.6) is 28.7 Å². The van der Waals surface area contributed by atoms with Crippen LogP contribution in [-0.2, 0) is 0 Å². The summed E-state index contributed by atoms with van der Waals surface area (Å²) in [6.45, 7) is 9.61. The van der Waals surface area contributed by atoms with Gasteiger partial charge in [0.1, 0.15) is 34.9 Å². The zero-order valence-corrected chi connectivity index (χ0v) is 22.7. The molecule has 1 aliphatic rings. The monoisotopic (exact) mass is 526 g/mol. The highest BCUT2D eigenvalue weighted by Crippen LogP contribution is 2.59. The number of phenolic OH excluding ortho intramolecular Hbond substituents is 2. The molecular weight excluding hydrogens is 492 g/mol. The average Bonchev–Trinajstić information content (AvgIpc) is 2.87. The molecule has 0 aromatic heterocycles. The molecular formula is C29H34O9. The number of hydrogen-bond acceptors (Lipinski definition) is 9. The van der Waals surface area contributed by atoms with E-state index < -0.39 is 17.8 Å². The summed E-state index contributed by atoms with van der Waals surface area (Å²) in [5.74, 6) is -1.51. The van der Waals surface area contributed by atoms with E-state index in [9.17, 15) is 29.4 Å². The lowest BCUT2D eigenvalue weighted by Gasteiger charge is -2.44. The number of aldehydes is 4. The Kier molecular flexibility index (Phi) is 8.49. The van der Waals surface area contributed by atoms with Gasteiger partial charge in [-0.3, -0.25) is 19.2 Å². The summed E-state index contributed by atoms with van der Waals surface area (Å²) in [7, 11) is 2.63. The van der Waals surface area contributed by atoms with Crippen molar-refractivity contribution >= 4 is 25.1 Å². The molecule has 0 aliphatic carbocycles. The summed E-state index contributed by atoms with van der Waals surface area (Å²) in [5.41, 5.74) is 0.618. The van der Waals surface area contributed by atoms with E-state index in [1.807, 2.05) is 27.7 Å².